The highest BCUT2D eigenvalue weighted by molar-refractivity contribution is 5.69. The maximum absolute atomic E-state index is 14.3. The number of carboxylic acids is 1. The first-order chi connectivity index (χ1) is 13.6. The van der Waals surface area contributed by atoms with Crippen molar-refractivity contribution in [3.63, 3.8) is 0 Å². The summed E-state index contributed by atoms with van der Waals surface area (Å²) in [6.45, 7) is 2.52. The van der Waals surface area contributed by atoms with E-state index in [0.717, 1.165) is 34.9 Å². The molecule has 1 aliphatic heterocycles. The van der Waals surface area contributed by atoms with Gasteiger partial charge in [0, 0.05) is 19.2 Å². The van der Waals surface area contributed by atoms with Crippen LogP contribution in [-0.2, 0) is 24.1 Å². The normalized spacial score (nSPS) is 15.4. The maximum atomic E-state index is 14.3. The first-order valence-electron chi connectivity index (χ1n) is 9.26. The molecule has 4 nitrogen and oxygen atoms in total. The molecule has 1 heterocycles. The largest absolute Gasteiger partial charge is 0.573 e. The van der Waals surface area contributed by atoms with Crippen LogP contribution in [0.5, 0.6) is 5.75 Å². The number of nitrogens with zero attached hydrogens (tertiary/aromatic N) is 1. The van der Waals surface area contributed by atoms with Crippen molar-refractivity contribution < 1.29 is 32.2 Å². The number of anilines is 1. The molecule has 0 aromatic heterocycles. The van der Waals surface area contributed by atoms with Crippen LogP contribution in [0.15, 0.2) is 36.4 Å². The van der Waals surface area contributed by atoms with Gasteiger partial charge in [-0.25, -0.2) is 4.39 Å². The smallest absolute Gasteiger partial charge is 0.481 e. The van der Waals surface area contributed by atoms with Gasteiger partial charge in [-0.1, -0.05) is 25.1 Å². The lowest BCUT2D eigenvalue weighted by Crippen LogP contribution is -2.27. The van der Waals surface area contributed by atoms with Crippen molar-refractivity contribution in [1.82, 2.24) is 0 Å². The second-order valence-corrected chi connectivity index (χ2v) is 7.19. The third-order valence-electron chi connectivity index (χ3n) is 5.03. The Morgan fingerprint density at radius 2 is 1.83 bits per heavy atom. The molecular weight excluding hydrogens is 390 g/mol. The van der Waals surface area contributed by atoms with E-state index in [1.54, 1.807) is 11.8 Å². The van der Waals surface area contributed by atoms with E-state index in [9.17, 15) is 22.4 Å². The summed E-state index contributed by atoms with van der Waals surface area (Å²) in [5.41, 5.74) is 3.10. The van der Waals surface area contributed by atoms with E-state index in [2.05, 4.69) is 4.74 Å². The second-order valence-electron chi connectivity index (χ2n) is 7.19. The van der Waals surface area contributed by atoms with Crippen LogP contribution in [0.25, 0.3) is 0 Å². The average molecular weight is 411 g/mol. The minimum atomic E-state index is -4.84. The number of rotatable bonds is 5. The summed E-state index contributed by atoms with van der Waals surface area (Å²) in [4.78, 5) is 12.8. The van der Waals surface area contributed by atoms with Crippen LogP contribution < -0.4 is 9.64 Å². The molecule has 0 aliphatic carbocycles. The molecule has 2 aromatic rings. The molecule has 1 N–H and O–H groups in total. The maximum Gasteiger partial charge on any atom is 0.573 e. The molecule has 0 radical (unpaired) electrons. The number of aliphatic carboxylic acids is 1. The van der Waals surface area contributed by atoms with Crippen molar-refractivity contribution >= 4 is 11.7 Å². The molecule has 0 saturated carbocycles. The van der Waals surface area contributed by atoms with Crippen molar-refractivity contribution in [3.8, 4) is 5.75 Å². The Morgan fingerprint density at radius 1 is 1.14 bits per heavy atom. The van der Waals surface area contributed by atoms with Crippen LogP contribution in [0, 0.1) is 11.7 Å². The van der Waals surface area contributed by atoms with Crippen molar-refractivity contribution in [3.05, 3.63) is 58.9 Å². The zero-order chi connectivity index (χ0) is 21.2. The van der Waals surface area contributed by atoms with Gasteiger partial charge < -0.3 is 14.7 Å². The van der Waals surface area contributed by atoms with Gasteiger partial charge in [0.2, 0.25) is 0 Å². The Hall–Kier alpha value is -2.77. The predicted molar refractivity (Wildman–Crippen MR) is 99.6 cm³/mol. The third kappa shape index (κ3) is 5.40. The molecule has 0 bridgehead atoms. The second kappa shape index (κ2) is 8.31. The van der Waals surface area contributed by atoms with Gasteiger partial charge >= 0.3 is 12.3 Å². The van der Waals surface area contributed by atoms with Gasteiger partial charge in [0.25, 0.3) is 0 Å². The highest BCUT2D eigenvalue weighted by atomic mass is 19.4. The van der Waals surface area contributed by atoms with Gasteiger partial charge in [-0.15, -0.1) is 13.2 Å². The van der Waals surface area contributed by atoms with Gasteiger partial charge in [0.05, 0.1) is 11.6 Å². The quantitative estimate of drug-likeness (QED) is 0.731. The molecule has 29 heavy (non-hydrogen) atoms. The average Bonchev–Trinajstić information content (AvgIpc) is 2.84. The van der Waals surface area contributed by atoms with Crippen molar-refractivity contribution in [2.75, 3.05) is 18.0 Å². The van der Waals surface area contributed by atoms with E-state index in [0.29, 0.717) is 32.4 Å². The number of fused-ring (bicyclic) bond motifs is 1. The first kappa shape index (κ1) is 21.0. The molecule has 0 fully saturated rings. The summed E-state index contributed by atoms with van der Waals surface area (Å²) in [5.74, 6) is -2.43. The zero-order valence-corrected chi connectivity index (χ0v) is 15.8. The lowest BCUT2D eigenvalue weighted by atomic mass is 9.95. The molecule has 0 saturated heterocycles. The van der Waals surface area contributed by atoms with Crippen LogP contribution in [-0.4, -0.2) is 30.5 Å². The first-order valence-corrected chi connectivity index (χ1v) is 9.26. The summed E-state index contributed by atoms with van der Waals surface area (Å²) in [5, 5.41) is 9.08. The number of halogens is 4. The number of carboxylic acid groups (broad SMARTS) is 1. The third-order valence-corrected chi connectivity index (χ3v) is 5.03. The molecular formula is C21H21F4NO3. The molecule has 2 aromatic carbocycles. The molecule has 0 amide bonds. The van der Waals surface area contributed by atoms with Crippen molar-refractivity contribution in [2.24, 2.45) is 5.92 Å². The van der Waals surface area contributed by atoms with Gasteiger partial charge in [-0.05, 0) is 48.1 Å². The van der Waals surface area contributed by atoms with Crippen molar-refractivity contribution in [1.29, 1.82) is 0 Å². The van der Waals surface area contributed by atoms with Crippen LogP contribution in [0.3, 0.4) is 0 Å². The van der Waals surface area contributed by atoms with Crippen molar-refractivity contribution in [2.45, 2.75) is 32.5 Å². The van der Waals surface area contributed by atoms with Crippen LogP contribution in [0.2, 0.25) is 0 Å². The Bertz CT molecular complexity index is 898. The van der Waals surface area contributed by atoms with Gasteiger partial charge in [-0.2, -0.15) is 0 Å². The van der Waals surface area contributed by atoms with E-state index < -0.39 is 29.8 Å². The minimum Gasteiger partial charge on any atom is -0.481 e. The highest BCUT2D eigenvalue weighted by Crippen LogP contribution is 2.31. The standard InChI is InChI=1S/C21H21F4NO3/c1-13(20(27)28)10-14-2-3-15-6-8-26(9-7-16(15)11-14)19-12-17(4-5-18(19)22)29-21(23,24)25/h2-5,11-13H,6-10H2,1H3,(H,27,28). The number of ether oxygens (including phenoxy) is 1. The Morgan fingerprint density at radius 3 is 2.48 bits per heavy atom. The minimum absolute atomic E-state index is 0.0688. The Balaban J connectivity index is 1.77. The van der Waals surface area contributed by atoms with Crippen LogP contribution >= 0.6 is 0 Å². The predicted octanol–water partition coefficient (Wildman–Crippen LogP) is 4.59. The van der Waals surface area contributed by atoms with E-state index >= 15 is 0 Å². The van der Waals surface area contributed by atoms with E-state index in [1.807, 2.05) is 18.2 Å². The fourth-order valence-electron chi connectivity index (χ4n) is 3.52. The zero-order valence-electron chi connectivity index (χ0n) is 15.8. The van der Waals surface area contributed by atoms with E-state index in [1.165, 1.54) is 0 Å². The number of alkyl halides is 3. The molecule has 8 heteroatoms. The lowest BCUT2D eigenvalue weighted by Gasteiger charge is -2.24. The topological polar surface area (TPSA) is 49.8 Å². The number of benzene rings is 2. The van der Waals surface area contributed by atoms with Gasteiger partial charge in [0.15, 0.2) is 0 Å². The molecule has 1 aliphatic rings. The SMILES string of the molecule is CC(Cc1ccc2c(c1)CCN(c1cc(OC(F)(F)F)ccc1F)CC2)C(=O)O. The highest BCUT2D eigenvalue weighted by Gasteiger charge is 2.31. The fourth-order valence-corrected chi connectivity index (χ4v) is 3.52. The Kier molecular flexibility index (Phi) is 6.00. The summed E-state index contributed by atoms with van der Waals surface area (Å²) in [7, 11) is 0. The van der Waals surface area contributed by atoms with Crippen LogP contribution in [0.4, 0.5) is 23.2 Å². The molecule has 1 atom stereocenters. The van der Waals surface area contributed by atoms with E-state index in [4.69, 9.17) is 5.11 Å². The summed E-state index contributed by atoms with van der Waals surface area (Å²) in [6.07, 6.45) is -3.24. The Labute approximate surface area is 165 Å². The van der Waals surface area contributed by atoms with Crippen LogP contribution in [0.1, 0.15) is 23.6 Å². The summed E-state index contributed by atoms with van der Waals surface area (Å²) < 4.78 is 55.6. The number of hydrogen-bond donors (Lipinski definition) is 1. The molecule has 0 spiro atoms. The molecule has 156 valence electrons. The fraction of sp³-hybridized carbons (Fsp3) is 0.381. The monoisotopic (exact) mass is 411 g/mol. The lowest BCUT2D eigenvalue weighted by molar-refractivity contribution is -0.274. The summed E-state index contributed by atoms with van der Waals surface area (Å²) >= 11 is 0. The van der Waals surface area contributed by atoms with E-state index in [-0.39, 0.29) is 5.69 Å². The molecule has 1 unspecified atom stereocenters. The number of carbonyl (C=O) groups is 1. The summed E-state index contributed by atoms with van der Waals surface area (Å²) in [6, 6.07) is 8.81. The number of hydrogen-bond acceptors (Lipinski definition) is 3. The molecule has 3 rings (SSSR count). The van der Waals surface area contributed by atoms with Gasteiger partial charge in [-0.3, -0.25) is 4.79 Å². The van der Waals surface area contributed by atoms with Gasteiger partial charge in [0.1, 0.15) is 11.6 Å².